The van der Waals surface area contributed by atoms with E-state index in [4.69, 9.17) is 4.42 Å². The minimum absolute atomic E-state index is 0.261. The van der Waals surface area contributed by atoms with E-state index in [-0.39, 0.29) is 6.04 Å². The van der Waals surface area contributed by atoms with E-state index in [0.29, 0.717) is 0 Å². The number of aromatic amines is 1. The Bertz CT molecular complexity index is 594. The molecule has 2 aromatic heterocycles. The molecule has 0 aliphatic heterocycles. The Morgan fingerprint density at radius 1 is 1.28 bits per heavy atom. The lowest BCUT2D eigenvalue weighted by Crippen LogP contribution is -2.18. The Morgan fingerprint density at radius 3 is 2.94 bits per heavy atom. The number of nitrogens with zero attached hydrogens (tertiary/aromatic N) is 1. The lowest BCUT2D eigenvalue weighted by molar-refractivity contribution is 0.497. The Kier molecular flexibility index (Phi) is 2.76. The molecule has 18 heavy (non-hydrogen) atoms. The molecule has 1 atom stereocenters. The highest BCUT2D eigenvalue weighted by molar-refractivity contribution is 5.77. The standard InChI is InChI=1S/C14H15N3O/c1-10(9-11-5-4-8-18-11)15-14-16-12-6-2-3-7-13(12)17-14/h2-8,10H,9H2,1H3,(H2,15,16,17). The molecule has 4 nitrogen and oxygen atoms in total. The summed E-state index contributed by atoms with van der Waals surface area (Å²) in [6.45, 7) is 2.11. The van der Waals surface area contributed by atoms with E-state index < -0.39 is 0 Å². The molecule has 0 amide bonds. The topological polar surface area (TPSA) is 53.9 Å². The smallest absolute Gasteiger partial charge is 0.201 e. The third-order valence-electron chi connectivity index (χ3n) is 2.86. The zero-order valence-electron chi connectivity index (χ0n) is 10.2. The maximum Gasteiger partial charge on any atom is 0.201 e. The molecule has 0 radical (unpaired) electrons. The molecule has 0 fully saturated rings. The Labute approximate surface area is 105 Å². The van der Waals surface area contributed by atoms with Gasteiger partial charge in [-0.05, 0) is 31.2 Å². The summed E-state index contributed by atoms with van der Waals surface area (Å²) in [5, 5.41) is 3.34. The van der Waals surface area contributed by atoms with Crippen molar-refractivity contribution in [2.24, 2.45) is 0 Å². The van der Waals surface area contributed by atoms with Crippen LogP contribution < -0.4 is 5.32 Å². The molecule has 4 heteroatoms. The predicted molar refractivity (Wildman–Crippen MR) is 71.6 cm³/mol. The van der Waals surface area contributed by atoms with Crippen molar-refractivity contribution in [3.63, 3.8) is 0 Å². The Morgan fingerprint density at radius 2 is 2.17 bits per heavy atom. The maximum absolute atomic E-state index is 5.33. The summed E-state index contributed by atoms with van der Waals surface area (Å²) in [6, 6.07) is 12.1. The van der Waals surface area contributed by atoms with E-state index in [9.17, 15) is 0 Å². The number of fused-ring (bicyclic) bond motifs is 1. The minimum Gasteiger partial charge on any atom is -0.469 e. The lowest BCUT2D eigenvalue weighted by atomic mass is 10.2. The van der Waals surface area contributed by atoms with Gasteiger partial charge in [-0.1, -0.05) is 12.1 Å². The van der Waals surface area contributed by atoms with Crippen molar-refractivity contribution in [3.8, 4) is 0 Å². The highest BCUT2D eigenvalue weighted by atomic mass is 16.3. The molecule has 1 unspecified atom stereocenters. The first-order chi connectivity index (χ1) is 8.81. The Hall–Kier alpha value is -2.23. The van der Waals surface area contributed by atoms with Crippen LogP contribution in [0.4, 0.5) is 5.95 Å². The molecule has 0 spiro atoms. The van der Waals surface area contributed by atoms with Crippen molar-refractivity contribution in [2.75, 3.05) is 5.32 Å². The molecule has 3 aromatic rings. The van der Waals surface area contributed by atoms with Crippen LogP contribution in [0, 0.1) is 0 Å². The molecule has 3 rings (SSSR count). The third kappa shape index (κ3) is 2.22. The number of furan rings is 1. The van der Waals surface area contributed by atoms with Gasteiger partial charge in [0.05, 0.1) is 17.3 Å². The van der Waals surface area contributed by atoms with Crippen LogP contribution in [0.3, 0.4) is 0 Å². The maximum atomic E-state index is 5.33. The highest BCUT2D eigenvalue weighted by Gasteiger charge is 2.08. The van der Waals surface area contributed by atoms with Crippen LogP contribution >= 0.6 is 0 Å². The quantitative estimate of drug-likeness (QED) is 0.737. The van der Waals surface area contributed by atoms with Crippen molar-refractivity contribution in [1.82, 2.24) is 9.97 Å². The van der Waals surface area contributed by atoms with Crippen LogP contribution in [0.15, 0.2) is 47.1 Å². The summed E-state index contributed by atoms with van der Waals surface area (Å²) in [7, 11) is 0. The molecule has 0 saturated heterocycles. The number of aromatic nitrogens is 2. The second-order valence-electron chi connectivity index (χ2n) is 4.43. The molecule has 0 saturated carbocycles. The second-order valence-corrected chi connectivity index (χ2v) is 4.43. The van der Waals surface area contributed by atoms with Crippen molar-refractivity contribution < 1.29 is 4.42 Å². The fraction of sp³-hybridized carbons (Fsp3) is 0.214. The number of para-hydroxylation sites is 2. The van der Waals surface area contributed by atoms with Gasteiger partial charge in [0.15, 0.2) is 0 Å². The van der Waals surface area contributed by atoms with Crippen LogP contribution in [-0.4, -0.2) is 16.0 Å². The van der Waals surface area contributed by atoms with E-state index in [2.05, 4.69) is 22.2 Å². The van der Waals surface area contributed by atoms with Crippen LogP contribution in [0.2, 0.25) is 0 Å². The van der Waals surface area contributed by atoms with Gasteiger partial charge in [0.2, 0.25) is 5.95 Å². The summed E-state index contributed by atoms with van der Waals surface area (Å²) in [5.41, 5.74) is 2.02. The fourth-order valence-corrected chi connectivity index (χ4v) is 2.04. The van der Waals surface area contributed by atoms with Gasteiger partial charge in [-0.3, -0.25) is 0 Å². The van der Waals surface area contributed by atoms with Crippen molar-refractivity contribution in [3.05, 3.63) is 48.4 Å². The van der Waals surface area contributed by atoms with Crippen LogP contribution in [-0.2, 0) is 6.42 Å². The second kappa shape index (κ2) is 4.56. The molecule has 92 valence electrons. The number of anilines is 1. The summed E-state index contributed by atoms with van der Waals surface area (Å²) < 4.78 is 5.33. The first kappa shape index (κ1) is 10.9. The van der Waals surface area contributed by atoms with Gasteiger partial charge >= 0.3 is 0 Å². The summed E-state index contributed by atoms with van der Waals surface area (Å²) in [4.78, 5) is 7.74. The Balaban J connectivity index is 1.71. The lowest BCUT2D eigenvalue weighted by Gasteiger charge is -2.10. The van der Waals surface area contributed by atoms with Gasteiger partial charge in [-0.15, -0.1) is 0 Å². The van der Waals surface area contributed by atoms with Gasteiger partial charge in [0, 0.05) is 12.5 Å². The van der Waals surface area contributed by atoms with Crippen LogP contribution in [0.25, 0.3) is 11.0 Å². The average Bonchev–Trinajstić information content (AvgIpc) is 2.96. The fourth-order valence-electron chi connectivity index (χ4n) is 2.04. The minimum atomic E-state index is 0.261. The summed E-state index contributed by atoms with van der Waals surface area (Å²) in [5.74, 6) is 1.78. The summed E-state index contributed by atoms with van der Waals surface area (Å²) >= 11 is 0. The largest absolute Gasteiger partial charge is 0.469 e. The van der Waals surface area contributed by atoms with Gasteiger partial charge in [-0.25, -0.2) is 4.98 Å². The third-order valence-corrected chi connectivity index (χ3v) is 2.86. The van der Waals surface area contributed by atoms with E-state index in [1.165, 1.54) is 0 Å². The van der Waals surface area contributed by atoms with Gasteiger partial charge in [0.25, 0.3) is 0 Å². The number of hydrogen-bond donors (Lipinski definition) is 2. The van der Waals surface area contributed by atoms with Crippen molar-refractivity contribution >= 4 is 17.0 Å². The van der Waals surface area contributed by atoms with Crippen molar-refractivity contribution in [1.29, 1.82) is 0 Å². The number of hydrogen-bond acceptors (Lipinski definition) is 3. The molecule has 0 bridgehead atoms. The molecule has 0 aliphatic rings. The molecule has 1 aromatic carbocycles. The normalized spacial score (nSPS) is 12.7. The molecular weight excluding hydrogens is 226 g/mol. The number of rotatable bonds is 4. The number of imidazole rings is 1. The SMILES string of the molecule is CC(Cc1ccco1)Nc1nc2ccccc2[nH]1. The monoisotopic (exact) mass is 241 g/mol. The number of nitrogens with one attached hydrogen (secondary N) is 2. The summed E-state index contributed by atoms with van der Waals surface area (Å²) in [6.07, 6.45) is 2.54. The first-order valence-corrected chi connectivity index (χ1v) is 6.05. The van der Waals surface area contributed by atoms with Gasteiger partial charge < -0.3 is 14.7 Å². The number of H-pyrrole nitrogens is 1. The molecule has 2 N–H and O–H groups in total. The zero-order valence-corrected chi connectivity index (χ0v) is 10.2. The van der Waals surface area contributed by atoms with E-state index in [0.717, 1.165) is 29.2 Å². The van der Waals surface area contributed by atoms with Gasteiger partial charge in [0.1, 0.15) is 5.76 Å². The highest BCUT2D eigenvalue weighted by Crippen LogP contribution is 2.15. The van der Waals surface area contributed by atoms with E-state index >= 15 is 0 Å². The van der Waals surface area contributed by atoms with E-state index in [1.807, 2.05) is 36.4 Å². The van der Waals surface area contributed by atoms with E-state index in [1.54, 1.807) is 6.26 Å². The van der Waals surface area contributed by atoms with Crippen LogP contribution in [0.1, 0.15) is 12.7 Å². The predicted octanol–water partition coefficient (Wildman–Crippen LogP) is 3.20. The number of benzene rings is 1. The average molecular weight is 241 g/mol. The molecule has 2 heterocycles. The van der Waals surface area contributed by atoms with Gasteiger partial charge in [-0.2, -0.15) is 0 Å². The zero-order chi connectivity index (χ0) is 12.4. The van der Waals surface area contributed by atoms with Crippen LogP contribution in [0.5, 0.6) is 0 Å². The van der Waals surface area contributed by atoms with Crippen molar-refractivity contribution in [2.45, 2.75) is 19.4 Å². The molecule has 0 aliphatic carbocycles. The molecular formula is C14H15N3O. The first-order valence-electron chi connectivity index (χ1n) is 6.05.